The molecule has 1 amide bonds. The smallest absolute Gasteiger partial charge is 0.292 e. The summed E-state index contributed by atoms with van der Waals surface area (Å²) >= 11 is 5.86. The van der Waals surface area contributed by atoms with Gasteiger partial charge in [-0.3, -0.25) is 9.59 Å². The van der Waals surface area contributed by atoms with Crippen LogP contribution in [0.15, 0.2) is 35.3 Å². The number of carbonyl (C=O) groups is 1. The third kappa shape index (κ3) is 2.71. The molecule has 2 N–H and O–H groups in total. The summed E-state index contributed by atoms with van der Waals surface area (Å²) in [7, 11) is 0. The maximum absolute atomic E-state index is 11.9. The van der Waals surface area contributed by atoms with E-state index in [-0.39, 0.29) is 23.5 Å². The molecule has 0 aliphatic carbocycles. The molecule has 0 spiro atoms. The van der Waals surface area contributed by atoms with E-state index < -0.39 is 0 Å². The van der Waals surface area contributed by atoms with Gasteiger partial charge in [-0.05, 0) is 24.3 Å². The quantitative estimate of drug-likeness (QED) is 0.763. The van der Waals surface area contributed by atoms with E-state index in [2.05, 4.69) is 20.6 Å². The van der Waals surface area contributed by atoms with Gasteiger partial charge >= 0.3 is 0 Å². The van der Waals surface area contributed by atoms with Gasteiger partial charge < -0.3 is 5.32 Å². The number of halogens is 1. The van der Waals surface area contributed by atoms with Crippen LogP contribution in [0.25, 0.3) is 16.6 Å². The predicted molar refractivity (Wildman–Crippen MR) is 82.0 cm³/mol. The fraction of sp³-hybridized carbons (Fsp3) is 0.143. The van der Waals surface area contributed by atoms with Crippen molar-refractivity contribution in [1.29, 1.82) is 0 Å². The molecule has 0 unspecified atom stereocenters. The second-order valence-corrected chi connectivity index (χ2v) is 5.16. The zero-order valence-electron chi connectivity index (χ0n) is 11.6. The maximum Gasteiger partial charge on any atom is 0.292 e. The Hall–Kier alpha value is -2.67. The van der Waals surface area contributed by atoms with Gasteiger partial charge in [-0.2, -0.15) is 10.2 Å². The Balaban J connectivity index is 2.09. The number of aromatic nitrogens is 4. The highest BCUT2D eigenvalue weighted by molar-refractivity contribution is 6.30. The molecule has 8 heteroatoms. The number of H-pyrrole nitrogens is 1. The summed E-state index contributed by atoms with van der Waals surface area (Å²) in [4.78, 5) is 22.9. The van der Waals surface area contributed by atoms with Gasteiger partial charge in [0.15, 0.2) is 5.52 Å². The molecule has 3 aromatic rings. The summed E-state index contributed by atoms with van der Waals surface area (Å²) in [5, 5.41) is 14.5. The molecule has 112 valence electrons. The number of hydrogen-bond donors (Lipinski definition) is 2. The summed E-state index contributed by atoms with van der Waals surface area (Å²) in [6, 6.07) is 7.07. The fourth-order valence-corrected chi connectivity index (χ4v) is 2.18. The lowest BCUT2D eigenvalue weighted by molar-refractivity contribution is -0.119. The highest BCUT2D eigenvalue weighted by atomic mass is 35.5. The van der Waals surface area contributed by atoms with Crippen LogP contribution in [0.4, 0.5) is 0 Å². The van der Waals surface area contributed by atoms with Crippen molar-refractivity contribution in [2.45, 2.75) is 13.5 Å². The topological polar surface area (TPSA) is 92.7 Å². The van der Waals surface area contributed by atoms with Crippen molar-refractivity contribution in [1.82, 2.24) is 25.3 Å². The molecule has 0 saturated carbocycles. The third-order valence-corrected chi connectivity index (χ3v) is 3.38. The van der Waals surface area contributed by atoms with E-state index in [9.17, 15) is 9.59 Å². The molecule has 2 heterocycles. The molecule has 1 aromatic carbocycles. The zero-order valence-corrected chi connectivity index (χ0v) is 12.4. The SMILES string of the molecule is CC(=O)NCc1n[nH]c(=O)c2nn(-c3ccc(Cl)cc3)cc12. The first-order chi connectivity index (χ1) is 10.5. The van der Waals surface area contributed by atoms with Crippen LogP contribution in [-0.2, 0) is 11.3 Å². The third-order valence-electron chi connectivity index (χ3n) is 3.13. The average Bonchev–Trinajstić information content (AvgIpc) is 2.93. The van der Waals surface area contributed by atoms with Crippen molar-refractivity contribution in [3.05, 3.63) is 51.5 Å². The number of nitrogens with zero attached hydrogens (tertiary/aromatic N) is 3. The fourth-order valence-electron chi connectivity index (χ4n) is 2.05. The van der Waals surface area contributed by atoms with Crippen LogP contribution in [0.2, 0.25) is 5.02 Å². The van der Waals surface area contributed by atoms with E-state index in [1.165, 1.54) is 6.92 Å². The van der Waals surface area contributed by atoms with Crippen LogP contribution in [0.3, 0.4) is 0 Å². The Morgan fingerprint density at radius 2 is 2.09 bits per heavy atom. The Labute approximate surface area is 129 Å². The number of hydrogen-bond acceptors (Lipinski definition) is 4. The first kappa shape index (κ1) is 14.3. The van der Waals surface area contributed by atoms with Crippen molar-refractivity contribution in [3.8, 4) is 5.69 Å². The van der Waals surface area contributed by atoms with Gasteiger partial charge in [-0.1, -0.05) is 11.6 Å². The average molecular weight is 318 g/mol. The van der Waals surface area contributed by atoms with Gasteiger partial charge in [0.2, 0.25) is 5.91 Å². The van der Waals surface area contributed by atoms with Crippen LogP contribution in [0, 0.1) is 0 Å². The lowest BCUT2D eigenvalue weighted by Gasteiger charge is -2.01. The minimum Gasteiger partial charge on any atom is -0.351 e. The summed E-state index contributed by atoms with van der Waals surface area (Å²) in [5.74, 6) is -0.175. The van der Waals surface area contributed by atoms with Gasteiger partial charge in [0.05, 0.1) is 23.3 Å². The molecule has 0 bridgehead atoms. The Kier molecular flexibility index (Phi) is 3.64. The second-order valence-electron chi connectivity index (χ2n) is 4.72. The maximum atomic E-state index is 11.9. The van der Waals surface area contributed by atoms with Gasteiger partial charge in [-0.25, -0.2) is 9.78 Å². The van der Waals surface area contributed by atoms with Crippen molar-refractivity contribution < 1.29 is 4.79 Å². The van der Waals surface area contributed by atoms with Crippen LogP contribution >= 0.6 is 11.6 Å². The van der Waals surface area contributed by atoms with Gasteiger partial charge in [-0.15, -0.1) is 0 Å². The first-order valence-corrected chi connectivity index (χ1v) is 6.89. The molecular weight excluding hydrogens is 306 g/mol. The van der Waals surface area contributed by atoms with Gasteiger partial charge in [0.25, 0.3) is 5.56 Å². The van der Waals surface area contributed by atoms with Crippen LogP contribution in [0.1, 0.15) is 12.6 Å². The number of aromatic amines is 1. The van der Waals surface area contributed by atoms with E-state index in [4.69, 9.17) is 11.6 Å². The molecule has 0 aliphatic heterocycles. The number of fused-ring (bicyclic) bond motifs is 1. The van der Waals surface area contributed by atoms with Gasteiger partial charge in [0, 0.05) is 18.1 Å². The standard InChI is InChI=1S/C14H12ClN5O2/c1-8(21)16-6-12-11-7-20(10-4-2-9(15)3-5-10)19-13(11)14(22)18-17-12/h2-5,7H,6H2,1H3,(H,16,21)(H,18,22). The minimum absolute atomic E-state index is 0.175. The Morgan fingerprint density at radius 3 is 2.77 bits per heavy atom. The van der Waals surface area contributed by atoms with E-state index >= 15 is 0 Å². The summed E-state index contributed by atoms with van der Waals surface area (Å²) < 4.78 is 1.58. The Morgan fingerprint density at radius 1 is 1.36 bits per heavy atom. The van der Waals surface area contributed by atoms with E-state index in [0.29, 0.717) is 16.1 Å². The predicted octanol–water partition coefficient (Wildman–Crippen LogP) is 1.40. The molecular formula is C14H12ClN5O2. The minimum atomic E-state index is -0.380. The molecule has 3 rings (SSSR count). The van der Waals surface area contributed by atoms with E-state index in [1.54, 1.807) is 35.1 Å². The molecule has 0 fully saturated rings. The summed E-state index contributed by atoms with van der Waals surface area (Å²) in [5.41, 5.74) is 1.20. The number of carbonyl (C=O) groups excluding carboxylic acids is 1. The molecule has 0 radical (unpaired) electrons. The highest BCUT2D eigenvalue weighted by Crippen LogP contribution is 2.17. The normalized spacial score (nSPS) is 10.8. The number of nitrogens with one attached hydrogen (secondary N) is 2. The largest absolute Gasteiger partial charge is 0.351 e. The highest BCUT2D eigenvalue weighted by Gasteiger charge is 2.12. The molecule has 2 aromatic heterocycles. The van der Waals surface area contributed by atoms with Crippen LogP contribution in [0.5, 0.6) is 0 Å². The lowest BCUT2D eigenvalue weighted by atomic mass is 10.2. The van der Waals surface area contributed by atoms with E-state index in [1.807, 2.05) is 0 Å². The molecule has 0 aliphatic rings. The van der Waals surface area contributed by atoms with Crippen LogP contribution < -0.4 is 10.9 Å². The van der Waals surface area contributed by atoms with Crippen molar-refractivity contribution in [2.75, 3.05) is 0 Å². The lowest BCUT2D eigenvalue weighted by Crippen LogP contribution is -2.21. The monoisotopic (exact) mass is 317 g/mol. The second kappa shape index (κ2) is 5.61. The van der Waals surface area contributed by atoms with Crippen molar-refractivity contribution in [2.24, 2.45) is 0 Å². The number of benzene rings is 1. The zero-order chi connectivity index (χ0) is 15.7. The molecule has 0 saturated heterocycles. The summed E-state index contributed by atoms with van der Waals surface area (Å²) in [6.45, 7) is 1.63. The molecule has 0 atom stereocenters. The van der Waals surface area contributed by atoms with Crippen LogP contribution in [-0.4, -0.2) is 25.9 Å². The molecule has 22 heavy (non-hydrogen) atoms. The molecule has 7 nitrogen and oxygen atoms in total. The van der Waals surface area contributed by atoms with Crippen molar-refractivity contribution in [3.63, 3.8) is 0 Å². The number of amides is 1. The Bertz CT molecular complexity index is 898. The summed E-state index contributed by atoms with van der Waals surface area (Å²) in [6.07, 6.45) is 1.71. The van der Waals surface area contributed by atoms with E-state index in [0.717, 1.165) is 5.69 Å². The first-order valence-electron chi connectivity index (χ1n) is 6.52. The van der Waals surface area contributed by atoms with Crippen molar-refractivity contribution >= 4 is 28.4 Å². The van der Waals surface area contributed by atoms with Gasteiger partial charge in [0.1, 0.15) is 0 Å². The number of rotatable bonds is 3.